The first-order valence-electron chi connectivity index (χ1n) is 5.65. The van der Waals surface area contributed by atoms with Gasteiger partial charge in [-0.25, -0.2) is 0 Å². The van der Waals surface area contributed by atoms with E-state index in [2.05, 4.69) is 5.32 Å². The van der Waals surface area contributed by atoms with Crippen molar-refractivity contribution in [3.8, 4) is 0 Å². The number of nitrogens with one attached hydrogen (secondary N) is 1. The van der Waals surface area contributed by atoms with Crippen molar-refractivity contribution in [2.45, 2.75) is 25.8 Å². The van der Waals surface area contributed by atoms with E-state index in [0.717, 1.165) is 5.56 Å². The Bertz CT molecular complexity index is 458. The van der Waals surface area contributed by atoms with Crippen molar-refractivity contribution in [2.75, 3.05) is 6.61 Å². The molecule has 0 heterocycles. The van der Waals surface area contributed by atoms with Crippen LogP contribution in [0.5, 0.6) is 0 Å². The number of rotatable bonds is 5. The molecular formula is C13H18N2O2S. The highest BCUT2D eigenvalue weighted by atomic mass is 32.1. The van der Waals surface area contributed by atoms with Crippen LogP contribution in [0.2, 0.25) is 0 Å². The molecule has 0 aliphatic heterocycles. The Morgan fingerprint density at radius 3 is 2.61 bits per heavy atom. The van der Waals surface area contributed by atoms with Gasteiger partial charge in [0.25, 0.3) is 5.91 Å². The summed E-state index contributed by atoms with van der Waals surface area (Å²) >= 11 is 4.86. The molecule has 0 aliphatic rings. The van der Waals surface area contributed by atoms with Gasteiger partial charge in [-0.05, 0) is 25.5 Å². The normalized spacial score (nSPS) is 11.1. The van der Waals surface area contributed by atoms with Gasteiger partial charge in [0.1, 0.15) is 0 Å². The van der Waals surface area contributed by atoms with E-state index in [9.17, 15) is 4.79 Å². The number of hydrogen-bond acceptors (Lipinski definition) is 3. The Morgan fingerprint density at radius 1 is 1.44 bits per heavy atom. The first-order chi connectivity index (χ1) is 8.35. The van der Waals surface area contributed by atoms with Gasteiger partial charge in [-0.15, -0.1) is 0 Å². The average molecular weight is 266 g/mol. The number of carbonyl (C=O) groups excluding carboxylic acids is 1. The lowest BCUT2D eigenvalue weighted by atomic mass is 10.0. The number of aliphatic hydroxyl groups is 1. The van der Waals surface area contributed by atoms with Crippen molar-refractivity contribution in [3.05, 3.63) is 35.4 Å². The molecule has 5 heteroatoms. The lowest BCUT2D eigenvalue weighted by Crippen LogP contribution is -2.46. The van der Waals surface area contributed by atoms with Gasteiger partial charge in [0.2, 0.25) is 0 Å². The second-order valence-corrected chi connectivity index (χ2v) is 5.32. The maximum atomic E-state index is 12.1. The van der Waals surface area contributed by atoms with E-state index in [1.54, 1.807) is 26.0 Å². The summed E-state index contributed by atoms with van der Waals surface area (Å²) < 4.78 is 0. The van der Waals surface area contributed by atoms with Gasteiger partial charge in [-0.2, -0.15) is 0 Å². The number of amides is 1. The largest absolute Gasteiger partial charge is 0.394 e. The standard InChI is InChI=1S/C13H18N2O2S/c1-13(2,8-16)15-12(17)10-6-4-3-5-9(10)7-11(14)18/h3-6,16H,7-8H2,1-2H3,(H2,14,18)(H,15,17). The fraction of sp³-hybridized carbons (Fsp3) is 0.385. The van der Waals surface area contributed by atoms with Crippen LogP contribution in [-0.4, -0.2) is 28.1 Å². The van der Waals surface area contributed by atoms with E-state index in [4.69, 9.17) is 23.1 Å². The Morgan fingerprint density at radius 2 is 2.06 bits per heavy atom. The fourth-order valence-electron chi connectivity index (χ4n) is 1.50. The summed E-state index contributed by atoms with van der Waals surface area (Å²) in [6.07, 6.45) is 0.387. The van der Waals surface area contributed by atoms with Crippen molar-refractivity contribution in [1.82, 2.24) is 5.32 Å². The number of benzene rings is 1. The van der Waals surface area contributed by atoms with Crippen LogP contribution in [-0.2, 0) is 6.42 Å². The molecule has 0 aliphatic carbocycles. The van der Waals surface area contributed by atoms with Crippen LogP contribution in [0.3, 0.4) is 0 Å². The maximum absolute atomic E-state index is 12.1. The molecule has 1 amide bonds. The minimum Gasteiger partial charge on any atom is -0.394 e. The fourth-order valence-corrected chi connectivity index (χ4v) is 1.65. The predicted molar refractivity (Wildman–Crippen MR) is 75.6 cm³/mol. The first kappa shape index (κ1) is 14.6. The van der Waals surface area contributed by atoms with Crippen molar-refractivity contribution in [3.63, 3.8) is 0 Å². The zero-order valence-electron chi connectivity index (χ0n) is 10.6. The van der Waals surface area contributed by atoms with Gasteiger partial charge in [-0.3, -0.25) is 4.79 Å². The molecule has 0 fully saturated rings. The van der Waals surface area contributed by atoms with Gasteiger partial charge in [0.15, 0.2) is 0 Å². The minimum absolute atomic E-state index is 0.129. The number of hydrogen-bond donors (Lipinski definition) is 3. The Hall–Kier alpha value is -1.46. The summed E-state index contributed by atoms with van der Waals surface area (Å²) in [6.45, 7) is 3.37. The monoisotopic (exact) mass is 266 g/mol. The summed E-state index contributed by atoms with van der Waals surface area (Å²) in [5, 5.41) is 11.9. The van der Waals surface area contributed by atoms with E-state index in [0.29, 0.717) is 17.0 Å². The minimum atomic E-state index is -0.659. The summed E-state index contributed by atoms with van der Waals surface area (Å²) in [6, 6.07) is 7.15. The quantitative estimate of drug-likeness (QED) is 0.695. The Labute approximate surface area is 112 Å². The zero-order valence-corrected chi connectivity index (χ0v) is 11.4. The van der Waals surface area contributed by atoms with Crippen molar-refractivity contribution < 1.29 is 9.90 Å². The molecular weight excluding hydrogens is 248 g/mol. The Balaban J connectivity index is 2.95. The lowest BCUT2D eigenvalue weighted by Gasteiger charge is -2.24. The second kappa shape index (κ2) is 5.93. The number of nitrogens with two attached hydrogens (primary N) is 1. The first-order valence-corrected chi connectivity index (χ1v) is 6.06. The SMILES string of the molecule is CC(C)(CO)NC(=O)c1ccccc1CC(N)=S. The molecule has 98 valence electrons. The highest BCUT2D eigenvalue weighted by Crippen LogP contribution is 2.11. The molecule has 0 saturated carbocycles. The summed E-state index contributed by atoms with van der Waals surface area (Å²) in [4.78, 5) is 12.5. The molecule has 0 atom stereocenters. The number of aliphatic hydroxyl groups excluding tert-OH is 1. The van der Waals surface area contributed by atoms with Crippen LogP contribution in [0.4, 0.5) is 0 Å². The van der Waals surface area contributed by atoms with Crippen LogP contribution < -0.4 is 11.1 Å². The average Bonchev–Trinajstić information content (AvgIpc) is 2.28. The third-order valence-corrected chi connectivity index (χ3v) is 2.62. The van der Waals surface area contributed by atoms with Gasteiger partial charge in [0, 0.05) is 12.0 Å². The van der Waals surface area contributed by atoms with E-state index in [-0.39, 0.29) is 12.5 Å². The number of carbonyl (C=O) groups is 1. The molecule has 4 nitrogen and oxygen atoms in total. The second-order valence-electron chi connectivity index (χ2n) is 4.80. The van der Waals surface area contributed by atoms with E-state index in [1.165, 1.54) is 0 Å². The molecule has 1 aromatic rings. The third kappa shape index (κ3) is 4.09. The summed E-state index contributed by atoms with van der Waals surface area (Å²) in [5.74, 6) is -0.235. The topological polar surface area (TPSA) is 75.3 Å². The molecule has 1 rings (SSSR count). The van der Waals surface area contributed by atoms with Gasteiger partial charge < -0.3 is 16.2 Å². The third-order valence-electron chi connectivity index (χ3n) is 2.47. The molecule has 0 spiro atoms. The van der Waals surface area contributed by atoms with Crippen LogP contribution in [0.1, 0.15) is 29.8 Å². The molecule has 1 aromatic carbocycles. The van der Waals surface area contributed by atoms with Crippen LogP contribution in [0.15, 0.2) is 24.3 Å². The molecule has 0 aromatic heterocycles. The molecule has 0 saturated heterocycles. The molecule has 0 bridgehead atoms. The van der Waals surface area contributed by atoms with E-state index in [1.807, 2.05) is 12.1 Å². The molecule has 4 N–H and O–H groups in total. The van der Waals surface area contributed by atoms with E-state index < -0.39 is 5.54 Å². The highest BCUT2D eigenvalue weighted by molar-refractivity contribution is 7.80. The molecule has 0 unspecified atom stereocenters. The van der Waals surface area contributed by atoms with Gasteiger partial charge in [0.05, 0.1) is 17.1 Å². The maximum Gasteiger partial charge on any atom is 0.252 e. The zero-order chi connectivity index (χ0) is 13.8. The summed E-state index contributed by atoms with van der Waals surface area (Å²) in [5.41, 5.74) is 6.17. The molecule has 18 heavy (non-hydrogen) atoms. The van der Waals surface area contributed by atoms with Crippen molar-refractivity contribution in [2.24, 2.45) is 5.73 Å². The summed E-state index contributed by atoms with van der Waals surface area (Å²) in [7, 11) is 0. The predicted octanol–water partition coefficient (Wildman–Crippen LogP) is 1.02. The molecule has 0 radical (unpaired) electrons. The van der Waals surface area contributed by atoms with Crippen LogP contribution >= 0.6 is 12.2 Å². The van der Waals surface area contributed by atoms with E-state index >= 15 is 0 Å². The van der Waals surface area contributed by atoms with Crippen molar-refractivity contribution in [1.29, 1.82) is 0 Å². The highest BCUT2D eigenvalue weighted by Gasteiger charge is 2.21. The van der Waals surface area contributed by atoms with Gasteiger partial charge >= 0.3 is 0 Å². The number of thiocarbonyl (C=S) groups is 1. The Kier molecular flexibility index (Phi) is 4.81. The lowest BCUT2D eigenvalue weighted by molar-refractivity contribution is 0.0868. The smallest absolute Gasteiger partial charge is 0.252 e. The van der Waals surface area contributed by atoms with Crippen molar-refractivity contribution >= 4 is 23.1 Å². The van der Waals surface area contributed by atoms with Gasteiger partial charge in [-0.1, -0.05) is 30.4 Å². The van der Waals surface area contributed by atoms with Crippen LogP contribution in [0.25, 0.3) is 0 Å². The van der Waals surface area contributed by atoms with Crippen LogP contribution in [0, 0.1) is 0 Å².